The predicted octanol–water partition coefficient (Wildman–Crippen LogP) is 3.38. The highest BCUT2D eigenvalue weighted by Gasteiger charge is 2.16. The van der Waals surface area contributed by atoms with Crippen molar-refractivity contribution in [3.63, 3.8) is 0 Å². The van der Waals surface area contributed by atoms with E-state index < -0.39 is 0 Å². The number of carbonyl (C=O) groups is 2. The zero-order valence-electron chi connectivity index (χ0n) is 15.9. The zero-order valence-corrected chi connectivity index (χ0v) is 15.9. The maximum atomic E-state index is 12.0. The van der Waals surface area contributed by atoms with Crippen molar-refractivity contribution >= 4 is 11.8 Å². The van der Waals surface area contributed by atoms with Crippen molar-refractivity contribution in [3.8, 4) is 17.2 Å². The van der Waals surface area contributed by atoms with Crippen LogP contribution in [0.5, 0.6) is 17.2 Å². The van der Waals surface area contributed by atoms with Gasteiger partial charge in [-0.15, -0.1) is 0 Å². The lowest BCUT2D eigenvalue weighted by Crippen LogP contribution is -2.39. The van der Waals surface area contributed by atoms with Gasteiger partial charge in [0.15, 0.2) is 6.61 Å². The molecule has 2 aromatic carbocycles. The van der Waals surface area contributed by atoms with Crippen molar-refractivity contribution < 1.29 is 19.1 Å². The highest BCUT2D eigenvalue weighted by Crippen LogP contribution is 2.23. The van der Waals surface area contributed by atoms with Gasteiger partial charge < -0.3 is 19.7 Å². The molecular formula is C22H26N2O4. The van der Waals surface area contributed by atoms with Crippen LogP contribution >= 0.6 is 0 Å². The van der Waals surface area contributed by atoms with Crippen LogP contribution < -0.4 is 14.8 Å². The molecule has 2 aromatic rings. The van der Waals surface area contributed by atoms with Crippen LogP contribution in [0.15, 0.2) is 54.6 Å². The fourth-order valence-corrected chi connectivity index (χ4v) is 3.03. The normalized spacial score (nSPS) is 14.3. The second-order valence-electron chi connectivity index (χ2n) is 6.72. The van der Waals surface area contributed by atoms with Crippen LogP contribution in [0.2, 0.25) is 0 Å². The first-order chi connectivity index (χ1) is 13.7. The van der Waals surface area contributed by atoms with Gasteiger partial charge in [-0.25, -0.2) is 0 Å². The van der Waals surface area contributed by atoms with Crippen molar-refractivity contribution in [2.45, 2.75) is 25.7 Å². The number of para-hydroxylation sites is 1. The maximum Gasteiger partial charge on any atom is 0.258 e. The third-order valence-corrected chi connectivity index (χ3v) is 4.55. The van der Waals surface area contributed by atoms with E-state index in [-0.39, 0.29) is 18.4 Å². The molecular weight excluding hydrogens is 356 g/mol. The van der Waals surface area contributed by atoms with E-state index >= 15 is 0 Å². The third-order valence-electron chi connectivity index (χ3n) is 4.55. The van der Waals surface area contributed by atoms with Gasteiger partial charge in [0.2, 0.25) is 5.91 Å². The third kappa shape index (κ3) is 6.30. The van der Waals surface area contributed by atoms with E-state index in [1.807, 2.05) is 35.2 Å². The number of nitrogens with one attached hydrogen (secondary N) is 1. The zero-order chi connectivity index (χ0) is 19.6. The lowest BCUT2D eigenvalue weighted by atomic mass is 10.2. The molecule has 1 N–H and O–H groups in total. The second-order valence-corrected chi connectivity index (χ2v) is 6.72. The average molecular weight is 382 g/mol. The number of hydrogen-bond acceptors (Lipinski definition) is 4. The number of hydrogen-bond donors (Lipinski definition) is 1. The van der Waals surface area contributed by atoms with E-state index in [1.165, 1.54) is 0 Å². The minimum absolute atomic E-state index is 0.0627. The summed E-state index contributed by atoms with van der Waals surface area (Å²) in [5.74, 6) is 2.04. The van der Waals surface area contributed by atoms with E-state index in [4.69, 9.17) is 9.47 Å². The summed E-state index contributed by atoms with van der Waals surface area (Å²) < 4.78 is 11.2. The van der Waals surface area contributed by atoms with E-state index in [1.54, 1.807) is 24.3 Å². The van der Waals surface area contributed by atoms with Crippen LogP contribution in [-0.2, 0) is 9.59 Å². The van der Waals surface area contributed by atoms with E-state index in [0.29, 0.717) is 31.0 Å². The van der Waals surface area contributed by atoms with Crippen LogP contribution in [-0.4, -0.2) is 43.0 Å². The summed E-state index contributed by atoms with van der Waals surface area (Å²) in [5.41, 5.74) is 0. The van der Waals surface area contributed by atoms with Gasteiger partial charge in [0, 0.05) is 26.1 Å². The van der Waals surface area contributed by atoms with Gasteiger partial charge in [-0.1, -0.05) is 24.6 Å². The first-order valence-electron chi connectivity index (χ1n) is 9.71. The highest BCUT2D eigenvalue weighted by molar-refractivity contribution is 5.78. The first kappa shape index (κ1) is 19.7. The van der Waals surface area contributed by atoms with Gasteiger partial charge in [0.05, 0.1) is 0 Å². The van der Waals surface area contributed by atoms with Crippen molar-refractivity contribution in [3.05, 3.63) is 54.6 Å². The van der Waals surface area contributed by atoms with Crippen molar-refractivity contribution in [2.75, 3.05) is 26.2 Å². The van der Waals surface area contributed by atoms with Gasteiger partial charge >= 0.3 is 0 Å². The molecule has 148 valence electrons. The van der Waals surface area contributed by atoms with E-state index in [2.05, 4.69) is 5.32 Å². The van der Waals surface area contributed by atoms with E-state index in [0.717, 1.165) is 31.6 Å². The Bertz CT molecular complexity index is 762. The van der Waals surface area contributed by atoms with Crippen molar-refractivity contribution in [1.29, 1.82) is 0 Å². The fourth-order valence-electron chi connectivity index (χ4n) is 3.03. The summed E-state index contributed by atoms with van der Waals surface area (Å²) in [7, 11) is 0. The molecule has 0 saturated carbocycles. The Morgan fingerprint density at radius 3 is 2.43 bits per heavy atom. The number of benzene rings is 2. The Morgan fingerprint density at radius 2 is 1.64 bits per heavy atom. The summed E-state index contributed by atoms with van der Waals surface area (Å²) in [6.07, 6.45) is 3.70. The molecule has 2 amide bonds. The van der Waals surface area contributed by atoms with Crippen LogP contribution in [0.4, 0.5) is 0 Å². The topological polar surface area (TPSA) is 67.9 Å². The standard InChI is InChI=1S/C22H26N2O4/c25-21(23-14-16-24-15-6-2-5-9-22(24)26)17-27-18-10-12-20(13-11-18)28-19-7-3-1-4-8-19/h1,3-4,7-8,10-13H,2,5-6,9,14-17H2,(H,23,25). The molecule has 1 saturated heterocycles. The summed E-state index contributed by atoms with van der Waals surface area (Å²) in [4.78, 5) is 25.7. The Kier molecular flexibility index (Phi) is 7.29. The smallest absolute Gasteiger partial charge is 0.258 e. The molecule has 0 aliphatic carbocycles. The molecule has 0 unspecified atom stereocenters. The molecule has 6 nitrogen and oxygen atoms in total. The summed E-state index contributed by atoms with van der Waals surface area (Å²) >= 11 is 0. The SMILES string of the molecule is O=C(COc1ccc(Oc2ccccc2)cc1)NCCN1CCCCCC1=O. The monoisotopic (exact) mass is 382 g/mol. The minimum Gasteiger partial charge on any atom is -0.484 e. The number of ether oxygens (including phenoxy) is 2. The number of likely N-dealkylation sites (tertiary alicyclic amines) is 1. The molecule has 1 aliphatic rings. The van der Waals surface area contributed by atoms with Gasteiger partial charge in [0.25, 0.3) is 5.91 Å². The average Bonchev–Trinajstić information content (AvgIpc) is 2.92. The van der Waals surface area contributed by atoms with Crippen LogP contribution in [0, 0.1) is 0 Å². The number of carbonyl (C=O) groups excluding carboxylic acids is 2. The molecule has 0 spiro atoms. The van der Waals surface area contributed by atoms with Gasteiger partial charge in [0.1, 0.15) is 17.2 Å². The van der Waals surface area contributed by atoms with Crippen LogP contribution in [0.1, 0.15) is 25.7 Å². The van der Waals surface area contributed by atoms with Crippen LogP contribution in [0.3, 0.4) is 0 Å². The summed E-state index contributed by atoms with van der Waals surface area (Å²) in [6, 6.07) is 16.6. The molecule has 0 atom stereocenters. The maximum absolute atomic E-state index is 12.0. The quantitative estimate of drug-likeness (QED) is 0.760. The second kappa shape index (κ2) is 10.3. The highest BCUT2D eigenvalue weighted by atomic mass is 16.5. The molecule has 6 heteroatoms. The summed E-state index contributed by atoms with van der Waals surface area (Å²) in [6.45, 7) is 1.71. The minimum atomic E-state index is -0.202. The van der Waals surface area contributed by atoms with E-state index in [9.17, 15) is 9.59 Å². The Labute approximate surface area is 165 Å². The Hall–Kier alpha value is -3.02. The van der Waals surface area contributed by atoms with Crippen LogP contribution in [0.25, 0.3) is 0 Å². The summed E-state index contributed by atoms with van der Waals surface area (Å²) in [5, 5.41) is 2.80. The number of nitrogens with zero attached hydrogens (tertiary/aromatic N) is 1. The molecule has 0 aromatic heterocycles. The largest absolute Gasteiger partial charge is 0.484 e. The Balaban J connectivity index is 1.36. The molecule has 1 aliphatic heterocycles. The molecule has 3 rings (SSSR count). The first-order valence-corrected chi connectivity index (χ1v) is 9.71. The molecule has 0 radical (unpaired) electrons. The molecule has 28 heavy (non-hydrogen) atoms. The molecule has 0 bridgehead atoms. The van der Waals surface area contributed by atoms with Gasteiger partial charge in [-0.2, -0.15) is 0 Å². The fraction of sp³-hybridized carbons (Fsp3) is 0.364. The number of amides is 2. The number of rotatable bonds is 8. The Morgan fingerprint density at radius 1 is 0.929 bits per heavy atom. The molecule has 1 fully saturated rings. The molecule has 1 heterocycles. The predicted molar refractivity (Wildman–Crippen MR) is 107 cm³/mol. The lowest BCUT2D eigenvalue weighted by Gasteiger charge is -2.20. The van der Waals surface area contributed by atoms with Crippen molar-refractivity contribution in [1.82, 2.24) is 10.2 Å². The van der Waals surface area contributed by atoms with Crippen molar-refractivity contribution in [2.24, 2.45) is 0 Å². The van der Waals surface area contributed by atoms with Gasteiger partial charge in [-0.3, -0.25) is 9.59 Å². The van der Waals surface area contributed by atoms with Gasteiger partial charge in [-0.05, 0) is 49.2 Å². The lowest BCUT2D eigenvalue weighted by molar-refractivity contribution is -0.131.